The maximum Gasteiger partial charge on any atom is 0.416 e. The molecule has 4 rings (SSSR count). The van der Waals surface area contributed by atoms with E-state index in [1.807, 2.05) is 30.3 Å². The number of halogens is 3. The molecule has 1 aliphatic heterocycles. The summed E-state index contributed by atoms with van der Waals surface area (Å²) in [5.74, 6) is -1.56. The number of carbonyl (C=O) groups is 1. The van der Waals surface area contributed by atoms with E-state index in [9.17, 15) is 26.4 Å². The van der Waals surface area contributed by atoms with Crippen molar-refractivity contribution >= 4 is 15.9 Å². The van der Waals surface area contributed by atoms with E-state index in [2.05, 4.69) is 5.32 Å². The number of amides is 1. The normalized spacial score (nSPS) is 18.7. The first-order chi connectivity index (χ1) is 17.1. The molecule has 1 amide bonds. The standard InChI is InChI=1S/C26H25F3N2O4S/c1-35-21-10-12-22(13-11-21)36(33,34)31-16-23(19-8-5-9-20(14-19)26(27,28)29)24(17-31)25(32)30-15-18-6-3-2-4-7-18/h2-14,23-24H,15-17H2,1H3,(H,30,32)/t23-,24-/m1/s1. The lowest BCUT2D eigenvalue weighted by molar-refractivity contribution is -0.137. The molecule has 1 fully saturated rings. The van der Waals surface area contributed by atoms with Crippen molar-refractivity contribution in [3.05, 3.63) is 95.6 Å². The number of hydrogen-bond donors (Lipinski definition) is 1. The minimum absolute atomic E-state index is 0.0106. The lowest BCUT2D eigenvalue weighted by atomic mass is 9.87. The number of nitrogens with one attached hydrogen (secondary N) is 1. The van der Waals surface area contributed by atoms with Crippen LogP contribution in [0.4, 0.5) is 13.2 Å². The number of benzene rings is 3. The first-order valence-electron chi connectivity index (χ1n) is 11.2. The molecular formula is C26H25F3N2O4S. The van der Waals surface area contributed by atoms with Crippen LogP contribution in [0, 0.1) is 5.92 Å². The van der Waals surface area contributed by atoms with Crippen LogP contribution in [0.3, 0.4) is 0 Å². The summed E-state index contributed by atoms with van der Waals surface area (Å²) in [4.78, 5) is 13.2. The molecule has 0 radical (unpaired) electrons. The lowest BCUT2D eigenvalue weighted by Gasteiger charge is -2.19. The fourth-order valence-electron chi connectivity index (χ4n) is 4.33. The lowest BCUT2D eigenvalue weighted by Crippen LogP contribution is -2.35. The van der Waals surface area contributed by atoms with Crippen molar-refractivity contribution in [2.75, 3.05) is 20.2 Å². The number of sulfonamides is 1. The van der Waals surface area contributed by atoms with Gasteiger partial charge in [-0.1, -0.05) is 48.5 Å². The highest BCUT2D eigenvalue weighted by Gasteiger charge is 2.44. The first kappa shape index (κ1) is 25.7. The zero-order chi connectivity index (χ0) is 25.9. The van der Waals surface area contributed by atoms with E-state index in [-0.39, 0.29) is 30.1 Å². The second-order valence-corrected chi connectivity index (χ2v) is 10.5. The van der Waals surface area contributed by atoms with Gasteiger partial charge in [0, 0.05) is 25.6 Å². The molecule has 1 heterocycles. The number of alkyl halides is 3. The number of methoxy groups -OCH3 is 1. The van der Waals surface area contributed by atoms with E-state index in [0.717, 1.165) is 22.0 Å². The Balaban J connectivity index is 1.64. The van der Waals surface area contributed by atoms with Gasteiger partial charge in [-0.15, -0.1) is 0 Å². The fraction of sp³-hybridized carbons (Fsp3) is 0.269. The fourth-order valence-corrected chi connectivity index (χ4v) is 5.82. The predicted molar refractivity (Wildman–Crippen MR) is 128 cm³/mol. The maximum absolute atomic E-state index is 13.4. The summed E-state index contributed by atoms with van der Waals surface area (Å²) in [6.45, 7) is -0.0638. The molecule has 1 N–H and O–H groups in total. The van der Waals surface area contributed by atoms with Crippen LogP contribution in [0.2, 0.25) is 0 Å². The highest BCUT2D eigenvalue weighted by Crippen LogP contribution is 2.38. The molecule has 6 nitrogen and oxygen atoms in total. The summed E-state index contributed by atoms with van der Waals surface area (Å²) in [6, 6.07) is 19.7. The molecule has 36 heavy (non-hydrogen) atoms. The second kappa shape index (κ2) is 10.3. The van der Waals surface area contributed by atoms with Gasteiger partial charge in [-0.2, -0.15) is 17.5 Å². The second-order valence-electron chi connectivity index (χ2n) is 8.54. The number of nitrogens with zero attached hydrogens (tertiary/aromatic N) is 1. The van der Waals surface area contributed by atoms with Crippen molar-refractivity contribution in [2.45, 2.75) is 23.5 Å². The van der Waals surface area contributed by atoms with E-state index >= 15 is 0 Å². The van der Waals surface area contributed by atoms with Crippen LogP contribution in [0.25, 0.3) is 0 Å². The SMILES string of the molecule is COc1ccc(S(=O)(=O)N2C[C@H](c3cccc(C(F)(F)F)c3)[C@H](C(=O)NCc3ccccc3)C2)cc1. The summed E-state index contributed by atoms with van der Waals surface area (Å²) >= 11 is 0. The Morgan fingerprint density at radius 2 is 1.69 bits per heavy atom. The quantitative estimate of drug-likeness (QED) is 0.502. The Bertz CT molecular complexity index is 1310. The molecule has 0 spiro atoms. The van der Waals surface area contributed by atoms with E-state index < -0.39 is 39.5 Å². The Morgan fingerprint density at radius 3 is 2.33 bits per heavy atom. The van der Waals surface area contributed by atoms with Crippen molar-refractivity contribution in [3.63, 3.8) is 0 Å². The molecule has 2 atom stereocenters. The van der Waals surface area contributed by atoms with E-state index in [0.29, 0.717) is 5.75 Å². The van der Waals surface area contributed by atoms with Gasteiger partial charge in [0.05, 0.1) is 23.5 Å². The zero-order valence-corrected chi connectivity index (χ0v) is 20.2. The Labute approximate surface area is 207 Å². The van der Waals surface area contributed by atoms with Crippen LogP contribution in [0.15, 0.2) is 83.8 Å². The summed E-state index contributed by atoms with van der Waals surface area (Å²) in [5.41, 5.74) is 0.263. The Hall–Kier alpha value is -3.37. The molecule has 3 aromatic rings. The van der Waals surface area contributed by atoms with Gasteiger partial charge in [0.2, 0.25) is 15.9 Å². The molecule has 1 aliphatic rings. The average molecular weight is 519 g/mol. The molecule has 3 aromatic carbocycles. The first-order valence-corrected chi connectivity index (χ1v) is 12.7. The zero-order valence-electron chi connectivity index (χ0n) is 19.4. The van der Waals surface area contributed by atoms with Gasteiger partial charge in [0.1, 0.15) is 5.75 Å². The molecular weight excluding hydrogens is 493 g/mol. The summed E-state index contributed by atoms with van der Waals surface area (Å²) in [6.07, 6.45) is -4.56. The third kappa shape index (κ3) is 5.55. The van der Waals surface area contributed by atoms with Crippen molar-refractivity contribution in [1.29, 1.82) is 0 Å². The minimum atomic E-state index is -4.56. The van der Waals surface area contributed by atoms with Gasteiger partial charge in [0.15, 0.2) is 0 Å². The molecule has 0 aliphatic carbocycles. The van der Waals surface area contributed by atoms with Crippen LogP contribution in [-0.2, 0) is 27.5 Å². The maximum atomic E-state index is 13.4. The highest BCUT2D eigenvalue weighted by molar-refractivity contribution is 7.89. The molecule has 0 unspecified atom stereocenters. The van der Waals surface area contributed by atoms with E-state index in [4.69, 9.17) is 4.74 Å². The van der Waals surface area contributed by atoms with Crippen LogP contribution >= 0.6 is 0 Å². The third-order valence-electron chi connectivity index (χ3n) is 6.27. The largest absolute Gasteiger partial charge is 0.497 e. The van der Waals surface area contributed by atoms with Crippen LogP contribution in [0.5, 0.6) is 5.75 Å². The monoisotopic (exact) mass is 518 g/mol. The van der Waals surface area contributed by atoms with Crippen molar-refractivity contribution < 1.29 is 31.1 Å². The van der Waals surface area contributed by atoms with Gasteiger partial charge >= 0.3 is 6.18 Å². The molecule has 10 heteroatoms. The number of rotatable bonds is 7. The summed E-state index contributed by atoms with van der Waals surface area (Å²) in [5, 5.41) is 2.81. The number of ether oxygens (including phenoxy) is 1. The van der Waals surface area contributed by atoms with E-state index in [1.54, 1.807) is 0 Å². The molecule has 190 valence electrons. The van der Waals surface area contributed by atoms with Crippen LogP contribution < -0.4 is 10.1 Å². The number of carbonyl (C=O) groups excluding carboxylic acids is 1. The van der Waals surface area contributed by atoms with Crippen LogP contribution in [0.1, 0.15) is 22.6 Å². The summed E-state index contributed by atoms with van der Waals surface area (Å²) < 4.78 is 73.1. The van der Waals surface area contributed by atoms with E-state index in [1.165, 1.54) is 43.5 Å². The molecule has 0 bridgehead atoms. The number of hydrogen-bond acceptors (Lipinski definition) is 4. The van der Waals surface area contributed by atoms with Crippen molar-refractivity contribution in [2.24, 2.45) is 5.92 Å². The highest BCUT2D eigenvalue weighted by atomic mass is 32.2. The molecule has 0 aromatic heterocycles. The average Bonchev–Trinajstić information content (AvgIpc) is 3.34. The van der Waals surface area contributed by atoms with Gasteiger partial charge in [-0.25, -0.2) is 8.42 Å². The Morgan fingerprint density at radius 1 is 1.00 bits per heavy atom. The van der Waals surface area contributed by atoms with Gasteiger partial charge < -0.3 is 10.1 Å². The molecule has 0 saturated carbocycles. The van der Waals surface area contributed by atoms with Crippen molar-refractivity contribution in [3.8, 4) is 5.75 Å². The van der Waals surface area contributed by atoms with Gasteiger partial charge in [0.25, 0.3) is 0 Å². The summed E-state index contributed by atoms with van der Waals surface area (Å²) in [7, 11) is -2.54. The van der Waals surface area contributed by atoms with Crippen LogP contribution in [-0.4, -0.2) is 38.8 Å². The van der Waals surface area contributed by atoms with Gasteiger partial charge in [-0.3, -0.25) is 4.79 Å². The Kier molecular flexibility index (Phi) is 7.37. The minimum Gasteiger partial charge on any atom is -0.497 e. The van der Waals surface area contributed by atoms with Crippen molar-refractivity contribution in [1.82, 2.24) is 9.62 Å². The third-order valence-corrected chi connectivity index (χ3v) is 8.12. The smallest absolute Gasteiger partial charge is 0.416 e. The topological polar surface area (TPSA) is 75.7 Å². The predicted octanol–water partition coefficient (Wildman–Crippen LogP) is 4.43. The van der Waals surface area contributed by atoms with Gasteiger partial charge in [-0.05, 0) is 41.5 Å². The molecule has 1 saturated heterocycles.